The largest absolute Gasteiger partial charge is 0.444 e. The Morgan fingerprint density at radius 2 is 2.14 bits per heavy atom. The lowest BCUT2D eigenvalue weighted by Crippen LogP contribution is -2.70. The SMILES string of the molecule is CC(O)C(NC(=O)CN1CC2(CCCN2C(=O)OC(C)(C)C)C1)c1ncno1. The molecule has 3 rings (SSSR count). The maximum Gasteiger partial charge on any atom is 0.410 e. The fourth-order valence-electron chi connectivity index (χ4n) is 3.90. The van der Waals surface area contributed by atoms with Crippen molar-refractivity contribution in [2.75, 3.05) is 26.2 Å². The Balaban J connectivity index is 1.53. The first kappa shape index (κ1) is 20.5. The average molecular weight is 395 g/mol. The zero-order chi connectivity index (χ0) is 20.5. The molecule has 2 saturated heterocycles. The minimum atomic E-state index is -0.871. The highest BCUT2D eigenvalue weighted by Gasteiger charge is 2.53. The zero-order valence-corrected chi connectivity index (χ0v) is 16.8. The molecule has 2 aliphatic rings. The van der Waals surface area contributed by atoms with Gasteiger partial charge in [0, 0.05) is 19.6 Å². The maximum atomic E-state index is 12.5. The van der Waals surface area contributed by atoms with Gasteiger partial charge in [-0.25, -0.2) is 4.79 Å². The zero-order valence-electron chi connectivity index (χ0n) is 16.8. The van der Waals surface area contributed by atoms with Crippen molar-refractivity contribution in [3.8, 4) is 0 Å². The topological polar surface area (TPSA) is 121 Å². The number of rotatable bonds is 5. The second kappa shape index (κ2) is 7.67. The van der Waals surface area contributed by atoms with E-state index in [4.69, 9.17) is 9.26 Å². The van der Waals surface area contributed by atoms with Crippen molar-refractivity contribution >= 4 is 12.0 Å². The van der Waals surface area contributed by atoms with E-state index in [9.17, 15) is 14.7 Å². The number of hydrogen-bond donors (Lipinski definition) is 2. The molecule has 0 saturated carbocycles. The van der Waals surface area contributed by atoms with Gasteiger partial charge in [0.05, 0.1) is 18.2 Å². The van der Waals surface area contributed by atoms with Crippen LogP contribution in [0.2, 0.25) is 0 Å². The highest BCUT2D eigenvalue weighted by atomic mass is 16.6. The van der Waals surface area contributed by atoms with Crippen molar-refractivity contribution in [2.24, 2.45) is 0 Å². The Morgan fingerprint density at radius 3 is 2.71 bits per heavy atom. The van der Waals surface area contributed by atoms with Crippen molar-refractivity contribution in [1.29, 1.82) is 0 Å². The number of aliphatic hydroxyl groups excluding tert-OH is 1. The van der Waals surface area contributed by atoms with Crippen LogP contribution in [0.25, 0.3) is 0 Å². The molecule has 2 aliphatic heterocycles. The summed E-state index contributed by atoms with van der Waals surface area (Å²) in [6, 6.07) is -0.755. The Kier molecular flexibility index (Phi) is 5.62. The third-order valence-electron chi connectivity index (χ3n) is 5.06. The molecule has 0 aliphatic carbocycles. The average Bonchev–Trinajstić information content (AvgIpc) is 3.19. The van der Waals surface area contributed by atoms with Crippen LogP contribution < -0.4 is 5.32 Å². The first-order chi connectivity index (χ1) is 13.1. The summed E-state index contributed by atoms with van der Waals surface area (Å²) in [6.07, 6.45) is 1.90. The minimum absolute atomic E-state index is 0.162. The predicted octanol–water partition coefficient (Wildman–Crippen LogP) is 0.693. The monoisotopic (exact) mass is 395 g/mol. The molecule has 1 spiro atoms. The van der Waals surface area contributed by atoms with Gasteiger partial charge < -0.3 is 19.7 Å². The van der Waals surface area contributed by atoms with Gasteiger partial charge in [-0.05, 0) is 40.5 Å². The number of nitrogens with zero attached hydrogens (tertiary/aromatic N) is 4. The van der Waals surface area contributed by atoms with Crippen LogP contribution in [0.4, 0.5) is 4.79 Å². The van der Waals surface area contributed by atoms with E-state index in [1.54, 1.807) is 6.92 Å². The second-order valence-corrected chi connectivity index (χ2v) is 8.67. The lowest BCUT2D eigenvalue weighted by Gasteiger charge is -2.52. The number of carbonyl (C=O) groups is 2. The number of aliphatic hydroxyl groups is 1. The Labute approximate surface area is 164 Å². The molecule has 2 atom stereocenters. The number of hydrogen-bond acceptors (Lipinski definition) is 8. The molecular weight excluding hydrogens is 366 g/mol. The lowest BCUT2D eigenvalue weighted by atomic mass is 9.87. The number of carbonyl (C=O) groups excluding carboxylic acids is 2. The van der Waals surface area contributed by atoms with Crippen LogP contribution in [0.5, 0.6) is 0 Å². The number of nitrogens with one attached hydrogen (secondary N) is 1. The molecule has 28 heavy (non-hydrogen) atoms. The van der Waals surface area contributed by atoms with Crippen molar-refractivity contribution in [1.82, 2.24) is 25.3 Å². The van der Waals surface area contributed by atoms with Gasteiger partial charge in [-0.1, -0.05) is 5.16 Å². The molecule has 0 aromatic carbocycles. The summed E-state index contributed by atoms with van der Waals surface area (Å²) in [7, 11) is 0. The summed E-state index contributed by atoms with van der Waals surface area (Å²) in [5.74, 6) is -0.0870. The summed E-state index contributed by atoms with van der Waals surface area (Å²) in [4.78, 5) is 32.6. The van der Waals surface area contributed by atoms with Gasteiger partial charge in [0.1, 0.15) is 11.6 Å². The van der Waals surface area contributed by atoms with E-state index in [0.717, 1.165) is 12.8 Å². The van der Waals surface area contributed by atoms with E-state index < -0.39 is 17.7 Å². The van der Waals surface area contributed by atoms with E-state index in [1.807, 2.05) is 30.6 Å². The van der Waals surface area contributed by atoms with E-state index in [2.05, 4.69) is 15.5 Å². The van der Waals surface area contributed by atoms with Gasteiger partial charge in [-0.2, -0.15) is 4.98 Å². The Bertz CT molecular complexity index is 694. The van der Waals surface area contributed by atoms with Crippen molar-refractivity contribution in [3.05, 3.63) is 12.2 Å². The van der Waals surface area contributed by atoms with Gasteiger partial charge in [0.2, 0.25) is 5.91 Å². The van der Waals surface area contributed by atoms with E-state index in [0.29, 0.717) is 19.6 Å². The van der Waals surface area contributed by atoms with Gasteiger partial charge in [0.15, 0.2) is 6.33 Å². The quantitative estimate of drug-likeness (QED) is 0.747. The lowest BCUT2D eigenvalue weighted by molar-refractivity contribution is -0.127. The van der Waals surface area contributed by atoms with Gasteiger partial charge in [-0.3, -0.25) is 14.6 Å². The summed E-state index contributed by atoms with van der Waals surface area (Å²) < 4.78 is 10.5. The molecule has 10 heteroatoms. The summed E-state index contributed by atoms with van der Waals surface area (Å²) in [5, 5.41) is 16.1. The highest BCUT2D eigenvalue weighted by molar-refractivity contribution is 5.78. The second-order valence-electron chi connectivity index (χ2n) is 8.67. The fraction of sp³-hybridized carbons (Fsp3) is 0.778. The van der Waals surface area contributed by atoms with Crippen LogP contribution in [-0.2, 0) is 9.53 Å². The van der Waals surface area contributed by atoms with Crippen LogP contribution in [0.15, 0.2) is 10.9 Å². The van der Waals surface area contributed by atoms with Gasteiger partial charge in [-0.15, -0.1) is 0 Å². The third kappa shape index (κ3) is 4.44. The van der Waals surface area contributed by atoms with E-state index in [1.165, 1.54) is 6.33 Å². The van der Waals surface area contributed by atoms with E-state index in [-0.39, 0.29) is 30.0 Å². The standard InChI is InChI=1S/C18H29N5O5/c1-12(24)14(15-19-11-20-28-15)21-13(25)8-22-9-18(10-22)6-5-7-23(18)16(26)27-17(2,3)4/h11-12,14,24H,5-10H2,1-4H3,(H,21,25). The summed E-state index contributed by atoms with van der Waals surface area (Å²) in [5.41, 5.74) is -0.784. The van der Waals surface area contributed by atoms with Crippen LogP contribution >= 0.6 is 0 Å². The molecule has 2 N–H and O–H groups in total. The molecule has 1 aromatic heterocycles. The van der Waals surface area contributed by atoms with Crippen molar-refractivity contribution in [3.63, 3.8) is 0 Å². The number of ether oxygens (including phenoxy) is 1. The molecule has 2 amide bonds. The number of amides is 2. The van der Waals surface area contributed by atoms with Crippen LogP contribution in [0, 0.1) is 0 Å². The molecule has 2 fully saturated rings. The fourth-order valence-corrected chi connectivity index (χ4v) is 3.90. The van der Waals surface area contributed by atoms with E-state index >= 15 is 0 Å². The third-order valence-corrected chi connectivity index (χ3v) is 5.06. The Hall–Kier alpha value is -2.20. The molecule has 0 radical (unpaired) electrons. The number of aromatic nitrogens is 2. The predicted molar refractivity (Wildman–Crippen MR) is 98.2 cm³/mol. The van der Waals surface area contributed by atoms with Gasteiger partial charge in [0.25, 0.3) is 5.89 Å². The summed E-state index contributed by atoms with van der Waals surface area (Å²) >= 11 is 0. The molecule has 2 unspecified atom stereocenters. The molecular formula is C18H29N5O5. The summed E-state index contributed by atoms with van der Waals surface area (Å²) in [6.45, 7) is 9.20. The highest BCUT2D eigenvalue weighted by Crippen LogP contribution is 2.38. The molecule has 156 valence electrons. The first-order valence-corrected chi connectivity index (χ1v) is 9.57. The maximum absolute atomic E-state index is 12.5. The van der Waals surface area contributed by atoms with Crippen LogP contribution in [0.1, 0.15) is 52.5 Å². The van der Waals surface area contributed by atoms with Crippen molar-refractivity contribution < 1.29 is 24.0 Å². The van der Waals surface area contributed by atoms with Crippen LogP contribution in [-0.4, -0.2) is 80.5 Å². The van der Waals surface area contributed by atoms with Crippen LogP contribution in [0.3, 0.4) is 0 Å². The first-order valence-electron chi connectivity index (χ1n) is 9.57. The molecule has 1 aromatic rings. The number of likely N-dealkylation sites (tertiary alicyclic amines) is 2. The van der Waals surface area contributed by atoms with Crippen molar-refractivity contribution in [2.45, 2.75) is 63.8 Å². The molecule has 3 heterocycles. The smallest absolute Gasteiger partial charge is 0.410 e. The Morgan fingerprint density at radius 1 is 1.43 bits per heavy atom. The molecule has 10 nitrogen and oxygen atoms in total. The normalized spacial score (nSPS) is 21.2. The van der Waals surface area contributed by atoms with Gasteiger partial charge >= 0.3 is 6.09 Å². The molecule has 0 bridgehead atoms. The minimum Gasteiger partial charge on any atom is -0.444 e.